The van der Waals surface area contributed by atoms with Gasteiger partial charge in [0.05, 0.1) is 0 Å². The number of rotatable bonds is 3. The molecule has 2 N–H and O–H groups in total. The van der Waals surface area contributed by atoms with Crippen molar-refractivity contribution in [2.75, 3.05) is 5.32 Å². The van der Waals surface area contributed by atoms with Gasteiger partial charge in [0.2, 0.25) is 0 Å². The molecular weight excluding hydrogens is 234 g/mol. The second kappa shape index (κ2) is 4.76. The van der Waals surface area contributed by atoms with Crippen molar-refractivity contribution in [3.63, 3.8) is 0 Å². The van der Waals surface area contributed by atoms with Gasteiger partial charge in [0.15, 0.2) is 0 Å². The predicted molar refractivity (Wildman–Crippen MR) is 79.9 cm³/mol. The minimum atomic E-state index is 0.470. The van der Waals surface area contributed by atoms with Crippen LogP contribution in [0.1, 0.15) is 25.3 Å². The maximum absolute atomic E-state index is 4.61. The first-order valence-corrected chi connectivity index (χ1v) is 6.54. The largest absolute Gasteiger partial charge is 0.346 e. The summed E-state index contributed by atoms with van der Waals surface area (Å²) in [4.78, 5) is 7.80. The molecule has 0 saturated heterocycles. The molecule has 0 aliphatic heterocycles. The molecule has 96 valence electrons. The van der Waals surface area contributed by atoms with Crippen molar-refractivity contribution < 1.29 is 0 Å². The van der Waals surface area contributed by atoms with Crippen LogP contribution in [0.25, 0.3) is 11.0 Å². The van der Waals surface area contributed by atoms with Gasteiger partial charge in [-0.25, -0.2) is 4.98 Å². The number of nitrogens with zero attached hydrogens (tertiary/aromatic N) is 1. The Bertz CT molecular complexity index is 684. The van der Waals surface area contributed by atoms with Gasteiger partial charge in [0, 0.05) is 17.3 Å². The van der Waals surface area contributed by atoms with E-state index in [1.165, 1.54) is 10.9 Å². The Labute approximate surface area is 112 Å². The highest BCUT2D eigenvalue weighted by atomic mass is 15.0. The Morgan fingerprint density at radius 1 is 1.11 bits per heavy atom. The second-order valence-electron chi connectivity index (χ2n) is 4.98. The first kappa shape index (κ1) is 11.8. The van der Waals surface area contributed by atoms with Crippen molar-refractivity contribution in [1.82, 2.24) is 9.97 Å². The third kappa shape index (κ3) is 2.32. The fraction of sp³-hybridized carbons (Fsp3) is 0.188. The SMILES string of the molecule is CC(C)c1cc(Nc2ccccc2)nc2[nH]ccc12. The molecule has 1 aromatic carbocycles. The highest BCUT2D eigenvalue weighted by molar-refractivity contribution is 5.82. The number of H-pyrrole nitrogens is 1. The van der Waals surface area contributed by atoms with Crippen LogP contribution >= 0.6 is 0 Å². The molecular formula is C16H17N3. The fourth-order valence-electron chi connectivity index (χ4n) is 2.27. The molecule has 0 fully saturated rings. The zero-order valence-corrected chi connectivity index (χ0v) is 11.1. The summed E-state index contributed by atoms with van der Waals surface area (Å²) in [7, 11) is 0. The minimum absolute atomic E-state index is 0.470. The van der Waals surface area contributed by atoms with Crippen LogP contribution in [0.2, 0.25) is 0 Å². The molecule has 2 aromatic heterocycles. The van der Waals surface area contributed by atoms with E-state index in [9.17, 15) is 0 Å². The van der Waals surface area contributed by atoms with Crippen molar-refractivity contribution in [2.24, 2.45) is 0 Å². The van der Waals surface area contributed by atoms with Gasteiger partial charge in [-0.3, -0.25) is 0 Å². The lowest BCUT2D eigenvalue weighted by atomic mass is 10.0. The summed E-state index contributed by atoms with van der Waals surface area (Å²) in [5.74, 6) is 1.35. The molecule has 0 aliphatic rings. The van der Waals surface area contributed by atoms with Crippen LogP contribution in [0.5, 0.6) is 0 Å². The molecule has 3 nitrogen and oxygen atoms in total. The molecule has 2 heterocycles. The van der Waals surface area contributed by atoms with E-state index in [2.05, 4.69) is 41.3 Å². The molecule has 0 aliphatic carbocycles. The third-order valence-electron chi connectivity index (χ3n) is 3.23. The van der Waals surface area contributed by atoms with Crippen molar-refractivity contribution in [3.05, 3.63) is 54.2 Å². The molecule has 0 radical (unpaired) electrons. The number of pyridine rings is 1. The molecule has 0 saturated carbocycles. The van der Waals surface area contributed by atoms with Crippen molar-refractivity contribution in [3.8, 4) is 0 Å². The number of nitrogens with one attached hydrogen (secondary N) is 2. The van der Waals surface area contributed by atoms with Gasteiger partial charge in [-0.2, -0.15) is 0 Å². The Hall–Kier alpha value is -2.29. The number of aromatic amines is 1. The average Bonchev–Trinajstić information content (AvgIpc) is 2.87. The van der Waals surface area contributed by atoms with E-state index in [0.717, 1.165) is 17.2 Å². The molecule has 3 rings (SSSR count). The molecule has 0 bridgehead atoms. The van der Waals surface area contributed by atoms with Crippen LogP contribution in [-0.4, -0.2) is 9.97 Å². The molecule has 0 unspecified atom stereocenters. The highest BCUT2D eigenvalue weighted by Gasteiger charge is 2.09. The zero-order chi connectivity index (χ0) is 13.2. The quantitative estimate of drug-likeness (QED) is 0.723. The topological polar surface area (TPSA) is 40.7 Å². The summed E-state index contributed by atoms with van der Waals surface area (Å²) in [6.45, 7) is 4.40. The van der Waals surface area contributed by atoms with Gasteiger partial charge in [0.1, 0.15) is 11.5 Å². The number of anilines is 2. The summed E-state index contributed by atoms with van der Waals surface area (Å²) in [5.41, 5.74) is 3.30. The van der Waals surface area contributed by atoms with Gasteiger partial charge >= 0.3 is 0 Å². The van der Waals surface area contributed by atoms with Crippen LogP contribution in [-0.2, 0) is 0 Å². The lowest BCUT2D eigenvalue weighted by Gasteiger charge is -2.11. The first-order chi connectivity index (χ1) is 9.24. The van der Waals surface area contributed by atoms with E-state index in [4.69, 9.17) is 0 Å². The normalized spacial score (nSPS) is 11.1. The smallest absolute Gasteiger partial charge is 0.139 e. The Balaban J connectivity index is 2.04. The molecule has 0 spiro atoms. The van der Waals surface area contributed by atoms with Gasteiger partial charge in [-0.15, -0.1) is 0 Å². The zero-order valence-electron chi connectivity index (χ0n) is 11.1. The van der Waals surface area contributed by atoms with Crippen molar-refractivity contribution in [2.45, 2.75) is 19.8 Å². The number of hydrogen-bond acceptors (Lipinski definition) is 2. The lowest BCUT2D eigenvalue weighted by Crippen LogP contribution is -1.97. The Morgan fingerprint density at radius 3 is 2.63 bits per heavy atom. The predicted octanol–water partition coefficient (Wildman–Crippen LogP) is 4.43. The number of aromatic nitrogens is 2. The van der Waals surface area contributed by atoms with Crippen LogP contribution in [0.4, 0.5) is 11.5 Å². The number of fused-ring (bicyclic) bond motifs is 1. The summed E-state index contributed by atoms with van der Waals surface area (Å²) in [5, 5.41) is 4.55. The third-order valence-corrected chi connectivity index (χ3v) is 3.23. The van der Waals surface area contributed by atoms with Gasteiger partial charge in [0.25, 0.3) is 0 Å². The number of hydrogen-bond donors (Lipinski definition) is 2. The van der Waals surface area contributed by atoms with E-state index in [0.29, 0.717) is 5.92 Å². The fourth-order valence-corrected chi connectivity index (χ4v) is 2.27. The van der Waals surface area contributed by atoms with Gasteiger partial charge in [-0.1, -0.05) is 32.0 Å². The second-order valence-corrected chi connectivity index (χ2v) is 4.98. The van der Waals surface area contributed by atoms with Gasteiger partial charge in [-0.05, 0) is 35.7 Å². The maximum Gasteiger partial charge on any atom is 0.139 e. The van der Waals surface area contributed by atoms with Crippen molar-refractivity contribution in [1.29, 1.82) is 0 Å². The molecule has 3 heteroatoms. The monoisotopic (exact) mass is 251 g/mol. The van der Waals surface area contributed by atoms with Crippen molar-refractivity contribution >= 4 is 22.5 Å². The van der Waals surface area contributed by atoms with E-state index in [1.807, 2.05) is 36.5 Å². The molecule has 19 heavy (non-hydrogen) atoms. The van der Waals surface area contributed by atoms with Crippen LogP contribution in [0, 0.1) is 0 Å². The molecule has 0 atom stereocenters. The lowest BCUT2D eigenvalue weighted by molar-refractivity contribution is 0.875. The summed E-state index contributed by atoms with van der Waals surface area (Å²) < 4.78 is 0. The van der Waals surface area contributed by atoms with E-state index in [-0.39, 0.29) is 0 Å². The van der Waals surface area contributed by atoms with Crippen LogP contribution in [0.3, 0.4) is 0 Å². The van der Waals surface area contributed by atoms with E-state index < -0.39 is 0 Å². The Kier molecular flexibility index (Phi) is 2.95. The maximum atomic E-state index is 4.61. The summed E-state index contributed by atoms with van der Waals surface area (Å²) in [6, 6.07) is 14.3. The average molecular weight is 251 g/mol. The standard InChI is InChI=1S/C16H17N3/c1-11(2)14-10-15(18-12-6-4-3-5-7-12)19-16-13(14)8-9-17-16/h3-11H,1-2H3,(H2,17,18,19). The molecule has 3 aromatic rings. The highest BCUT2D eigenvalue weighted by Crippen LogP contribution is 2.27. The molecule has 0 amide bonds. The summed E-state index contributed by atoms with van der Waals surface area (Å²) in [6.07, 6.45) is 1.94. The van der Waals surface area contributed by atoms with Gasteiger partial charge < -0.3 is 10.3 Å². The van der Waals surface area contributed by atoms with E-state index in [1.54, 1.807) is 0 Å². The summed E-state index contributed by atoms with van der Waals surface area (Å²) >= 11 is 0. The Morgan fingerprint density at radius 2 is 1.89 bits per heavy atom. The minimum Gasteiger partial charge on any atom is -0.346 e. The number of benzene rings is 1. The van der Waals surface area contributed by atoms with Crippen LogP contribution in [0.15, 0.2) is 48.7 Å². The first-order valence-electron chi connectivity index (χ1n) is 6.54. The van der Waals surface area contributed by atoms with Crippen LogP contribution < -0.4 is 5.32 Å². The number of para-hydroxylation sites is 1. The van der Waals surface area contributed by atoms with E-state index >= 15 is 0 Å².